The quantitative estimate of drug-likeness (QED) is 0.738. The third kappa shape index (κ3) is 4.08. The second-order valence-corrected chi connectivity index (χ2v) is 3.71. The highest BCUT2D eigenvalue weighted by Crippen LogP contribution is 2.13. The van der Waals surface area contributed by atoms with Gasteiger partial charge in [0.25, 0.3) is 0 Å². The van der Waals surface area contributed by atoms with E-state index in [1.54, 1.807) is 24.3 Å². The lowest BCUT2D eigenvalue weighted by molar-refractivity contribution is -0.138. The van der Waals surface area contributed by atoms with Gasteiger partial charge in [0.2, 0.25) is 0 Å². The van der Waals surface area contributed by atoms with Crippen LogP contribution >= 0.6 is 11.6 Å². The molecule has 0 saturated carbocycles. The van der Waals surface area contributed by atoms with E-state index in [0.29, 0.717) is 24.7 Å². The highest BCUT2D eigenvalue weighted by atomic mass is 35.5. The number of benzene rings is 1. The number of alkyl halides is 1. The maximum atomic E-state index is 10.5. The molecule has 3 N–H and O–H groups in total. The third-order valence-corrected chi connectivity index (χ3v) is 2.20. The van der Waals surface area contributed by atoms with Crippen LogP contribution in [0.1, 0.15) is 5.56 Å². The van der Waals surface area contributed by atoms with Crippen molar-refractivity contribution >= 4 is 17.6 Å². The summed E-state index contributed by atoms with van der Waals surface area (Å²) in [5, 5.41) is 8.65. The Kier molecular flexibility index (Phi) is 5.08. The molecule has 0 spiro atoms. The van der Waals surface area contributed by atoms with E-state index in [-0.39, 0.29) is 0 Å². The standard InChI is InChI=1S/C11H14ClNO3/c12-5-6-16-9-3-1-8(2-4-9)7-10(13)11(14)15/h1-4,10H,5-7,13H2,(H,14,15)/t10-/m0/s1. The number of nitrogens with two attached hydrogens (primary N) is 1. The van der Waals surface area contributed by atoms with Crippen LogP contribution in [0.15, 0.2) is 24.3 Å². The minimum absolute atomic E-state index is 0.311. The molecule has 0 unspecified atom stereocenters. The Balaban J connectivity index is 2.54. The van der Waals surface area contributed by atoms with E-state index in [1.165, 1.54) is 0 Å². The molecule has 4 nitrogen and oxygen atoms in total. The van der Waals surface area contributed by atoms with Gasteiger partial charge in [0.15, 0.2) is 0 Å². The van der Waals surface area contributed by atoms with Gasteiger partial charge in [-0.1, -0.05) is 12.1 Å². The molecule has 0 radical (unpaired) electrons. The summed E-state index contributed by atoms with van der Waals surface area (Å²) in [7, 11) is 0. The van der Waals surface area contributed by atoms with Crippen molar-refractivity contribution < 1.29 is 14.6 Å². The number of halogens is 1. The van der Waals surface area contributed by atoms with E-state index < -0.39 is 12.0 Å². The van der Waals surface area contributed by atoms with Gasteiger partial charge >= 0.3 is 5.97 Å². The van der Waals surface area contributed by atoms with Gasteiger partial charge < -0.3 is 15.6 Å². The molecule has 0 amide bonds. The minimum Gasteiger partial charge on any atom is -0.492 e. The lowest BCUT2D eigenvalue weighted by Gasteiger charge is -2.08. The Morgan fingerprint density at radius 3 is 2.56 bits per heavy atom. The molecular weight excluding hydrogens is 230 g/mol. The van der Waals surface area contributed by atoms with Gasteiger partial charge in [0.05, 0.1) is 5.88 Å². The van der Waals surface area contributed by atoms with Crippen LogP contribution in [0, 0.1) is 0 Å². The molecule has 88 valence electrons. The second kappa shape index (κ2) is 6.35. The van der Waals surface area contributed by atoms with E-state index in [1.807, 2.05) is 0 Å². The van der Waals surface area contributed by atoms with Crippen LogP contribution in [0.5, 0.6) is 5.75 Å². The third-order valence-electron chi connectivity index (χ3n) is 2.04. The fraction of sp³-hybridized carbons (Fsp3) is 0.364. The lowest BCUT2D eigenvalue weighted by Crippen LogP contribution is -2.32. The zero-order chi connectivity index (χ0) is 12.0. The summed E-state index contributed by atoms with van der Waals surface area (Å²) in [6.45, 7) is 0.454. The highest BCUT2D eigenvalue weighted by molar-refractivity contribution is 6.18. The zero-order valence-corrected chi connectivity index (χ0v) is 9.48. The molecular formula is C11H14ClNO3. The summed E-state index contributed by atoms with van der Waals surface area (Å²) < 4.78 is 5.28. The van der Waals surface area contributed by atoms with Gasteiger partial charge in [-0.3, -0.25) is 4.79 Å². The molecule has 0 bridgehead atoms. The topological polar surface area (TPSA) is 72.5 Å². The number of rotatable bonds is 6. The van der Waals surface area contributed by atoms with Crippen LogP contribution in [0.3, 0.4) is 0 Å². The Morgan fingerprint density at radius 2 is 2.06 bits per heavy atom. The van der Waals surface area contributed by atoms with Crippen molar-refractivity contribution in [2.24, 2.45) is 5.73 Å². The van der Waals surface area contributed by atoms with Gasteiger partial charge in [-0.15, -0.1) is 11.6 Å². The normalized spacial score (nSPS) is 12.1. The molecule has 0 saturated heterocycles. The molecule has 0 aromatic heterocycles. The molecule has 1 rings (SSSR count). The number of carboxylic acid groups (broad SMARTS) is 1. The summed E-state index contributed by atoms with van der Waals surface area (Å²) in [5.41, 5.74) is 6.29. The molecule has 1 aromatic rings. The van der Waals surface area contributed by atoms with Crippen molar-refractivity contribution in [3.63, 3.8) is 0 Å². The zero-order valence-electron chi connectivity index (χ0n) is 8.73. The Labute approximate surface area is 99.0 Å². The Bertz CT molecular complexity index is 340. The van der Waals surface area contributed by atoms with Crippen LogP contribution in [0.4, 0.5) is 0 Å². The summed E-state index contributed by atoms with van der Waals surface area (Å²) in [6, 6.07) is 6.28. The SMILES string of the molecule is N[C@@H](Cc1ccc(OCCCl)cc1)C(=O)O. The number of carboxylic acids is 1. The summed E-state index contributed by atoms with van der Waals surface area (Å²) in [6.07, 6.45) is 0.311. The second-order valence-electron chi connectivity index (χ2n) is 3.33. The number of carbonyl (C=O) groups is 1. The first kappa shape index (κ1) is 12.8. The predicted octanol–water partition coefficient (Wildman–Crippen LogP) is 1.26. The first-order valence-corrected chi connectivity index (χ1v) is 5.43. The fourth-order valence-electron chi connectivity index (χ4n) is 1.22. The average molecular weight is 244 g/mol. The van der Waals surface area contributed by atoms with Gasteiger partial charge in [-0.2, -0.15) is 0 Å². The number of hydrogen-bond acceptors (Lipinski definition) is 3. The smallest absolute Gasteiger partial charge is 0.320 e. The van der Waals surface area contributed by atoms with Crippen molar-refractivity contribution in [3.05, 3.63) is 29.8 Å². The van der Waals surface area contributed by atoms with E-state index >= 15 is 0 Å². The van der Waals surface area contributed by atoms with Crippen molar-refractivity contribution in [2.45, 2.75) is 12.5 Å². The van der Waals surface area contributed by atoms with Gasteiger partial charge in [0.1, 0.15) is 18.4 Å². The first-order valence-electron chi connectivity index (χ1n) is 4.89. The number of ether oxygens (including phenoxy) is 1. The Morgan fingerprint density at radius 1 is 1.44 bits per heavy atom. The van der Waals surface area contributed by atoms with Crippen LogP contribution < -0.4 is 10.5 Å². The van der Waals surface area contributed by atoms with Crippen molar-refractivity contribution in [1.82, 2.24) is 0 Å². The van der Waals surface area contributed by atoms with Crippen LogP contribution in [-0.2, 0) is 11.2 Å². The average Bonchev–Trinajstić information content (AvgIpc) is 2.28. The largest absolute Gasteiger partial charge is 0.492 e. The van der Waals surface area contributed by atoms with E-state index in [2.05, 4.69) is 0 Å². The molecule has 1 aromatic carbocycles. The van der Waals surface area contributed by atoms with Crippen LogP contribution in [-0.4, -0.2) is 29.6 Å². The van der Waals surface area contributed by atoms with Crippen molar-refractivity contribution in [3.8, 4) is 5.75 Å². The molecule has 16 heavy (non-hydrogen) atoms. The van der Waals surface area contributed by atoms with Crippen LogP contribution in [0.2, 0.25) is 0 Å². The van der Waals surface area contributed by atoms with E-state index in [9.17, 15) is 4.79 Å². The van der Waals surface area contributed by atoms with Crippen molar-refractivity contribution in [1.29, 1.82) is 0 Å². The Hall–Kier alpha value is -1.26. The van der Waals surface area contributed by atoms with E-state index in [0.717, 1.165) is 5.56 Å². The molecule has 0 heterocycles. The van der Waals surface area contributed by atoms with Crippen molar-refractivity contribution in [2.75, 3.05) is 12.5 Å². The van der Waals surface area contributed by atoms with Crippen LogP contribution in [0.25, 0.3) is 0 Å². The summed E-state index contributed by atoms with van der Waals surface area (Å²) in [4.78, 5) is 10.5. The maximum Gasteiger partial charge on any atom is 0.320 e. The molecule has 0 aliphatic rings. The molecule has 1 atom stereocenters. The molecule has 5 heteroatoms. The predicted molar refractivity (Wildman–Crippen MR) is 62.0 cm³/mol. The highest BCUT2D eigenvalue weighted by Gasteiger charge is 2.11. The lowest BCUT2D eigenvalue weighted by atomic mass is 10.1. The van der Waals surface area contributed by atoms with Gasteiger partial charge in [-0.05, 0) is 24.1 Å². The molecule has 0 aliphatic carbocycles. The van der Waals surface area contributed by atoms with Gasteiger partial charge in [0, 0.05) is 0 Å². The number of aliphatic carboxylic acids is 1. The fourth-order valence-corrected chi connectivity index (χ4v) is 1.30. The summed E-state index contributed by atoms with van der Waals surface area (Å²) in [5.74, 6) is 0.154. The first-order chi connectivity index (χ1) is 7.63. The van der Waals surface area contributed by atoms with Gasteiger partial charge in [-0.25, -0.2) is 0 Å². The molecule has 0 fully saturated rings. The molecule has 0 aliphatic heterocycles. The maximum absolute atomic E-state index is 10.5. The van der Waals surface area contributed by atoms with E-state index in [4.69, 9.17) is 27.2 Å². The number of hydrogen-bond donors (Lipinski definition) is 2. The minimum atomic E-state index is -0.998. The monoisotopic (exact) mass is 243 g/mol. The summed E-state index contributed by atoms with van der Waals surface area (Å²) >= 11 is 5.48.